The molecule has 1 aliphatic rings. The Labute approximate surface area is 125 Å². The van der Waals surface area contributed by atoms with Crippen LogP contribution in [0.2, 0.25) is 0 Å². The number of morpholine rings is 1. The summed E-state index contributed by atoms with van der Waals surface area (Å²) in [5, 5.41) is 9.20. The van der Waals surface area contributed by atoms with Gasteiger partial charge in [0.15, 0.2) is 0 Å². The monoisotopic (exact) mass is 345 g/mol. The predicted molar refractivity (Wildman–Crippen MR) is 76.1 cm³/mol. The number of halogens is 2. The van der Waals surface area contributed by atoms with Gasteiger partial charge in [0.2, 0.25) is 0 Å². The van der Waals surface area contributed by atoms with Gasteiger partial charge in [-0.1, -0.05) is 22.0 Å². The average Bonchev–Trinajstić information content (AvgIpc) is 2.38. The van der Waals surface area contributed by atoms with Crippen molar-refractivity contribution >= 4 is 21.9 Å². The van der Waals surface area contributed by atoms with E-state index in [1.165, 1.54) is 6.07 Å². The Morgan fingerprint density at radius 3 is 2.70 bits per heavy atom. The number of rotatable bonds is 4. The topological polar surface area (TPSA) is 49.8 Å². The molecule has 0 spiro atoms. The van der Waals surface area contributed by atoms with Crippen LogP contribution in [-0.2, 0) is 15.1 Å². The number of hydrogen-bond acceptors (Lipinski definition) is 3. The molecule has 6 heteroatoms. The van der Waals surface area contributed by atoms with E-state index in [9.17, 15) is 14.3 Å². The van der Waals surface area contributed by atoms with Gasteiger partial charge in [-0.15, -0.1) is 0 Å². The van der Waals surface area contributed by atoms with E-state index in [2.05, 4.69) is 15.9 Å². The first-order valence-electron chi connectivity index (χ1n) is 6.43. The highest BCUT2D eigenvalue weighted by molar-refractivity contribution is 9.10. The molecule has 1 aromatic carbocycles. The van der Waals surface area contributed by atoms with Gasteiger partial charge in [-0.2, -0.15) is 0 Å². The second-order valence-corrected chi connectivity index (χ2v) is 5.98. The van der Waals surface area contributed by atoms with Crippen LogP contribution in [0.5, 0.6) is 0 Å². The van der Waals surface area contributed by atoms with Gasteiger partial charge >= 0.3 is 5.97 Å². The minimum Gasteiger partial charge on any atom is -0.481 e. The van der Waals surface area contributed by atoms with Crippen molar-refractivity contribution in [3.05, 3.63) is 34.1 Å². The van der Waals surface area contributed by atoms with Crippen molar-refractivity contribution in [3.63, 3.8) is 0 Å². The average molecular weight is 346 g/mol. The number of carbonyl (C=O) groups is 1. The van der Waals surface area contributed by atoms with E-state index in [0.29, 0.717) is 36.3 Å². The fourth-order valence-electron chi connectivity index (χ4n) is 2.65. The standard InChI is InChI=1S/C14H17BrFNO3/c1-14(9-13(18)19,17-4-6-20-7-5-17)11-3-2-10(15)8-12(11)16/h2-3,8H,4-7,9H2,1H3,(H,18,19). The highest BCUT2D eigenvalue weighted by Crippen LogP contribution is 2.35. The van der Waals surface area contributed by atoms with Gasteiger partial charge in [0.25, 0.3) is 0 Å². The minimum atomic E-state index is -0.943. The molecule has 0 amide bonds. The predicted octanol–water partition coefficient (Wildman–Crippen LogP) is 2.61. The molecule has 1 aliphatic heterocycles. The molecule has 1 atom stereocenters. The van der Waals surface area contributed by atoms with Crippen molar-refractivity contribution in [2.24, 2.45) is 0 Å². The fraction of sp³-hybridized carbons (Fsp3) is 0.500. The molecule has 20 heavy (non-hydrogen) atoms. The van der Waals surface area contributed by atoms with Crippen LogP contribution in [0.1, 0.15) is 18.9 Å². The SMILES string of the molecule is CC(CC(=O)O)(c1ccc(Br)cc1F)N1CCOCC1. The van der Waals surface area contributed by atoms with Crippen molar-refractivity contribution in [2.75, 3.05) is 26.3 Å². The summed E-state index contributed by atoms with van der Waals surface area (Å²) in [7, 11) is 0. The summed E-state index contributed by atoms with van der Waals surface area (Å²) in [6, 6.07) is 4.76. The number of ether oxygens (including phenoxy) is 1. The first kappa shape index (κ1) is 15.4. The first-order chi connectivity index (χ1) is 9.43. The molecule has 4 nitrogen and oxygen atoms in total. The van der Waals surface area contributed by atoms with Crippen molar-refractivity contribution in [1.29, 1.82) is 0 Å². The number of carboxylic acids is 1. The largest absolute Gasteiger partial charge is 0.481 e. The molecule has 0 aliphatic carbocycles. The van der Waals surface area contributed by atoms with Gasteiger partial charge in [-0.25, -0.2) is 4.39 Å². The van der Waals surface area contributed by atoms with Crippen LogP contribution >= 0.6 is 15.9 Å². The Balaban J connectivity index is 2.41. The number of aliphatic carboxylic acids is 1. The number of carboxylic acid groups (broad SMARTS) is 1. The third-order valence-electron chi connectivity index (χ3n) is 3.72. The van der Waals surface area contributed by atoms with Gasteiger partial charge in [0.1, 0.15) is 5.82 Å². The van der Waals surface area contributed by atoms with Crippen molar-refractivity contribution in [3.8, 4) is 0 Å². The summed E-state index contributed by atoms with van der Waals surface area (Å²) >= 11 is 3.22. The maximum Gasteiger partial charge on any atom is 0.305 e. The number of nitrogens with zero attached hydrogens (tertiary/aromatic N) is 1. The third kappa shape index (κ3) is 3.19. The van der Waals surface area contributed by atoms with Crippen molar-refractivity contribution in [1.82, 2.24) is 4.90 Å². The zero-order chi connectivity index (χ0) is 14.8. The lowest BCUT2D eigenvalue weighted by atomic mass is 9.86. The second-order valence-electron chi connectivity index (χ2n) is 5.07. The molecule has 0 saturated carbocycles. The summed E-state index contributed by atoms with van der Waals surface area (Å²) in [5.41, 5.74) is -0.467. The lowest BCUT2D eigenvalue weighted by Gasteiger charge is -2.43. The molecule has 1 saturated heterocycles. The van der Waals surface area contributed by atoms with Crippen LogP contribution in [0.4, 0.5) is 4.39 Å². The quantitative estimate of drug-likeness (QED) is 0.911. The molecule has 110 valence electrons. The summed E-state index contributed by atoms with van der Waals surface area (Å²) < 4.78 is 20.2. The zero-order valence-corrected chi connectivity index (χ0v) is 12.8. The first-order valence-corrected chi connectivity index (χ1v) is 7.23. The van der Waals surface area contributed by atoms with Gasteiger partial charge in [0, 0.05) is 23.1 Å². The minimum absolute atomic E-state index is 0.147. The fourth-order valence-corrected chi connectivity index (χ4v) is 2.99. The van der Waals surface area contributed by atoms with Crippen molar-refractivity contribution < 1.29 is 19.0 Å². The Bertz CT molecular complexity index is 505. The molecule has 1 N–H and O–H groups in total. The maximum atomic E-state index is 14.3. The Morgan fingerprint density at radius 1 is 1.50 bits per heavy atom. The van der Waals surface area contributed by atoms with Crippen LogP contribution in [0.25, 0.3) is 0 Å². The van der Waals surface area contributed by atoms with Crippen molar-refractivity contribution in [2.45, 2.75) is 18.9 Å². The third-order valence-corrected chi connectivity index (χ3v) is 4.21. The lowest BCUT2D eigenvalue weighted by Crippen LogP contribution is -2.51. The molecular formula is C14H17BrFNO3. The van der Waals surface area contributed by atoms with Gasteiger partial charge in [0.05, 0.1) is 25.2 Å². The molecular weight excluding hydrogens is 329 g/mol. The highest BCUT2D eigenvalue weighted by Gasteiger charge is 2.38. The van der Waals surface area contributed by atoms with E-state index < -0.39 is 17.3 Å². The summed E-state index contributed by atoms with van der Waals surface area (Å²) in [6.45, 7) is 4.04. The maximum absolute atomic E-state index is 14.3. The van der Waals surface area contributed by atoms with Crippen LogP contribution in [-0.4, -0.2) is 42.3 Å². The van der Waals surface area contributed by atoms with Gasteiger partial charge in [-0.05, 0) is 19.1 Å². The van der Waals surface area contributed by atoms with Crippen LogP contribution in [0, 0.1) is 5.82 Å². The van der Waals surface area contributed by atoms with Crippen LogP contribution in [0.15, 0.2) is 22.7 Å². The summed E-state index contributed by atoms with van der Waals surface area (Å²) in [5.74, 6) is -1.34. The summed E-state index contributed by atoms with van der Waals surface area (Å²) in [4.78, 5) is 13.2. The molecule has 0 bridgehead atoms. The number of hydrogen-bond donors (Lipinski definition) is 1. The molecule has 0 radical (unpaired) electrons. The highest BCUT2D eigenvalue weighted by atomic mass is 79.9. The van der Waals surface area contributed by atoms with E-state index in [0.717, 1.165) is 0 Å². The smallest absolute Gasteiger partial charge is 0.305 e. The van der Waals surface area contributed by atoms with E-state index in [4.69, 9.17) is 4.74 Å². The molecule has 1 unspecified atom stereocenters. The van der Waals surface area contributed by atoms with E-state index in [-0.39, 0.29) is 6.42 Å². The van der Waals surface area contributed by atoms with E-state index in [1.54, 1.807) is 19.1 Å². The molecule has 2 rings (SSSR count). The number of benzene rings is 1. The second kappa shape index (κ2) is 6.20. The zero-order valence-electron chi connectivity index (χ0n) is 11.2. The van der Waals surface area contributed by atoms with Crippen LogP contribution < -0.4 is 0 Å². The summed E-state index contributed by atoms with van der Waals surface area (Å²) in [6.07, 6.45) is -0.147. The Morgan fingerprint density at radius 2 is 2.15 bits per heavy atom. The molecule has 1 aromatic rings. The molecule has 1 heterocycles. The van der Waals surface area contributed by atoms with E-state index in [1.807, 2.05) is 4.90 Å². The van der Waals surface area contributed by atoms with Gasteiger partial charge < -0.3 is 9.84 Å². The van der Waals surface area contributed by atoms with Crippen LogP contribution in [0.3, 0.4) is 0 Å². The normalized spacial score (nSPS) is 19.6. The molecule has 1 fully saturated rings. The van der Waals surface area contributed by atoms with E-state index >= 15 is 0 Å². The van der Waals surface area contributed by atoms with Gasteiger partial charge in [-0.3, -0.25) is 9.69 Å². The Hall–Kier alpha value is -0.980. The Kier molecular flexibility index (Phi) is 4.78. The lowest BCUT2D eigenvalue weighted by molar-refractivity contribution is -0.141. The molecule has 0 aromatic heterocycles.